The second kappa shape index (κ2) is 8.32. The van der Waals surface area contributed by atoms with Gasteiger partial charge in [-0.15, -0.1) is 35.0 Å². The van der Waals surface area contributed by atoms with Crippen LogP contribution in [0, 0.1) is 12.7 Å². The molecular formula is C14H15Cl2FN6O. The molecule has 1 aromatic carbocycles. The summed E-state index contributed by atoms with van der Waals surface area (Å²) in [5, 5.41) is 11.5. The lowest BCUT2D eigenvalue weighted by Gasteiger charge is -1.99. The lowest BCUT2D eigenvalue weighted by atomic mass is 10.1. The van der Waals surface area contributed by atoms with Crippen molar-refractivity contribution in [2.75, 3.05) is 11.3 Å². The number of hydrazone groups is 1. The second-order valence-electron chi connectivity index (χ2n) is 4.49. The maximum absolute atomic E-state index is 13.7. The van der Waals surface area contributed by atoms with Crippen molar-refractivity contribution < 1.29 is 8.81 Å². The first kappa shape index (κ1) is 19.5. The molecule has 0 saturated carbocycles. The SMILES string of the molecule is Cc1nnc(N/N=C/c2ccc(-c3ccccc3F)o2)n1N.Cl.Cl. The molecule has 0 unspecified atom stereocenters. The van der Waals surface area contributed by atoms with Crippen LogP contribution in [0.2, 0.25) is 0 Å². The minimum atomic E-state index is -0.342. The van der Waals surface area contributed by atoms with Gasteiger partial charge in [-0.3, -0.25) is 0 Å². The first-order valence-electron chi connectivity index (χ1n) is 6.46. The molecule has 0 fully saturated rings. The fourth-order valence-corrected chi connectivity index (χ4v) is 1.83. The molecule has 128 valence electrons. The van der Waals surface area contributed by atoms with Crippen molar-refractivity contribution in [3.63, 3.8) is 0 Å². The number of anilines is 1. The van der Waals surface area contributed by atoms with Gasteiger partial charge in [0.05, 0.1) is 11.8 Å². The zero-order chi connectivity index (χ0) is 15.5. The highest BCUT2D eigenvalue weighted by molar-refractivity contribution is 5.85. The number of furan rings is 1. The molecule has 0 spiro atoms. The van der Waals surface area contributed by atoms with E-state index in [4.69, 9.17) is 10.3 Å². The molecule has 0 atom stereocenters. The number of aromatic nitrogens is 3. The third-order valence-electron chi connectivity index (χ3n) is 2.99. The fourth-order valence-electron chi connectivity index (χ4n) is 1.83. The summed E-state index contributed by atoms with van der Waals surface area (Å²) >= 11 is 0. The Morgan fingerprint density at radius 2 is 1.96 bits per heavy atom. The van der Waals surface area contributed by atoms with Gasteiger partial charge in [0.2, 0.25) is 0 Å². The number of nitrogens with one attached hydrogen (secondary N) is 1. The maximum atomic E-state index is 13.7. The summed E-state index contributed by atoms with van der Waals surface area (Å²) in [7, 11) is 0. The predicted octanol–water partition coefficient (Wildman–Crippen LogP) is 2.99. The minimum absolute atomic E-state index is 0. The molecule has 0 amide bonds. The van der Waals surface area contributed by atoms with Gasteiger partial charge in [0.15, 0.2) is 5.82 Å². The van der Waals surface area contributed by atoms with E-state index in [1.807, 2.05) is 0 Å². The Labute approximate surface area is 149 Å². The summed E-state index contributed by atoms with van der Waals surface area (Å²) in [5.74, 6) is 7.07. The Morgan fingerprint density at radius 3 is 2.62 bits per heavy atom. The van der Waals surface area contributed by atoms with Gasteiger partial charge in [-0.2, -0.15) is 5.10 Å². The summed E-state index contributed by atoms with van der Waals surface area (Å²) in [6, 6.07) is 9.75. The van der Waals surface area contributed by atoms with Crippen molar-refractivity contribution in [3.05, 3.63) is 53.8 Å². The Kier molecular flexibility index (Phi) is 6.75. The summed E-state index contributed by atoms with van der Waals surface area (Å²) in [6.45, 7) is 1.72. The Morgan fingerprint density at radius 1 is 1.21 bits per heavy atom. The number of aryl methyl sites for hydroxylation is 1. The van der Waals surface area contributed by atoms with Gasteiger partial charge in [0.1, 0.15) is 17.3 Å². The molecule has 0 saturated heterocycles. The van der Waals surface area contributed by atoms with Crippen molar-refractivity contribution in [3.8, 4) is 11.3 Å². The van der Waals surface area contributed by atoms with Crippen LogP contribution in [0.1, 0.15) is 11.6 Å². The fraction of sp³-hybridized carbons (Fsp3) is 0.0714. The van der Waals surface area contributed by atoms with Gasteiger partial charge >= 0.3 is 0 Å². The predicted molar refractivity (Wildman–Crippen MR) is 94.7 cm³/mol. The van der Waals surface area contributed by atoms with E-state index in [1.54, 1.807) is 37.3 Å². The topological polar surface area (TPSA) is 94.3 Å². The van der Waals surface area contributed by atoms with Crippen LogP contribution in [-0.2, 0) is 0 Å². The Bertz CT molecular complexity index is 832. The van der Waals surface area contributed by atoms with Crippen LogP contribution in [0.5, 0.6) is 0 Å². The highest BCUT2D eigenvalue weighted by Gasteiger charge is 2.08. The van der Waals surface area contributed by atoms with Crippen LogP contribution < -0.4 is 11.3 Å². The standard InChI is InChI=1S/C14H13FN6O.2ClH/c1-9-18-20-14(21(9)16)19-17-8-10-6-7-13(22-10)11-4-2-3-5-12(11)15;;/h2-8H,16H2,1H3,(H,19,20);2*1H/b17-8+;;. The van der Waals surface area contributed by atoms with Crippen molar-refractivity contribution in [1.82, 2.24) is 14.9 Å². The average molecular weight is 373 g/mol. The van der Waals surface area contributed by atoms with Crippen LogP contribution in [-0.4, -0.2) is 21.1 Å². The molecule has 24 heavy (non-hydrogen) atoms. The van der Waals surface area contributed by atoms with E-state index in [9.17, 15) is 4.39 Å². The quantitative estimate of drug-likeness (QED) is 0.417. The number of halogens is 3. The summed E-state index contributed by atoms with van der Waals surface area (Å²) in [6.07, 6.45) is 1.44. The van der Waals surface area contributed by atoms with E-state index in [0.717, 1.165) is 0 Å². The van der Waals surface area contributed by atoms with Gasteiger partial charge in [0, 0.05) is 0 Å². The lowest BCUT2D eigenvalue weighted by molar-refractivity contribution is 0.563. The molecule has 0 radical (unpaired) electrons. The van der Waals surface area contributed by atoms with Crippen molar-refractivity contribution in [2.45, 2.75) is 6.92 Å². The first-order valence-corrected chi connectivity index (χ1v) is 6.46. The molecule has 0 bridgehead atoms. The Balaban J connectivity index is 0.00000144. The van der Waals surface area contributed by atoms with Crippen LogP contribution >= 0.6 is 24.8 Å². The largest absolute Gasteiger partial charge is 0.455 e. The zero-order valence-corrected chi connectivity index (χ0v) is 14.1. The molecule has 2 aromatic heterocycles. The average Bonchev–Trinajstić information content (AvgIpc) is 3.10. The zero-order valence-electron chi connectivity index (χ0n) is 12.5. The molecule has 0 aliphatic rings. The van der Waals surface area contributed by atoms with Crippen molar-refractivity contribution in [1.29, 1.82) is 0 Å². The smallest absolute Gasteiger partial charge is 0.263 e. The van der Waals surface area contributed by atoms with Crippen LogP contribution in [0.15, 0.2) is 45.9 Å². The number of benzene rings is 1. The van der Waals surface area contributed by atoms with E-state index in [0.29, 0.717) is 28.9 Å². The summed E-state index contributed by atoms with van der Waals surface area (Å²) in [5.41, 5.74) is 3.04. The van der Waals surface area contributed by atoms with E-state index >= 15 is 0 Å². The molecule has 0 aliphatic carbocycles. The van der Waals surface area contributed by atoms with Crippen molar-refractivity contribution in [2.24, 2.45) is 5.10 Å². The number of nitrogens with zero attached hydrogens (tertiary/aromatic N) is 4. The summed E-state index contributed by atoms with van der Waals surface area (Å²) < 4.78 is 20.5. The highest BCUT2D eigenvalue weighted by Crippen LogP contribution is 2.24. The third kappa shape index (κ3) is 4.03. The van der Waals surface area contributed by atoms with Crippen LogP contribution in [0.4, 0.5) is 10.3 Å². The van der Waals surface area contributed by atoms with E-state index < -0.39 is 0 Å². The molecular weight excluding hydrogens is 358 g/mol. The third-order valence-corrected chi connectivity index (χ3v) is 2.99. The number of hydrogen-bond acceptors (Lipinski definition) is 6. The molecule has 3 rings (SSSR count). The normalized spacial score (nSPS) is 10.2. The maximum Gasteiger partial charge on any atom is 0.263 e. The van der Waals surface area contributed by atoms with Crippen LogP contribution in [0.3, 0.4) is 0 Å². The van der Waals surface area contributed by atoms with E-state index in [-0.39, 0.29) is 30.6 Å². The number of rotatable bonds is 4. The molecule has 0 aliphatic heterocycles. The van der Waals surface area contributed by atoms with Gasteiger partial charge < -0.3 is 10.3 Å². The summed E-state index contributed by atoms with van der Waals surface area (Å²) in [4.78, 5) is 0. The van der Waals surface area contributed by atoms with Crippen LogP contribution in [0.25, 0.3) is 11.3 Å². The minimum Gasteiger partial charge on any atom is -0.455 e. The monoisotopic (exact) mass is 372 g/mol. The molecule has 2 heterocycles. The van der Waals surface area contributed by atoms with E-state index in [2.05, 4.69) is 20.7 Å². The van der Waals surface area contributed by atoms with Crippen molar-refractivity contribution >= 4 is 37.0 Å². The lowest BCUT2D eigenvalue weighted by Crippen LogP contribution is -2.13. The van der Waals surface area contributed by atoms with E-state index in [1.165, 1.54) is 17.0 Å². The van der Waals surface area contributed by atoms with Gasteiger partial charge in [0.25, 0.3) is 5.95 Å². The van der Waals surface area contributed by atoms with Gasteiger partial charge in [-0.1, -0.05) is 12.1 Å². The van der Waals surface area contributed by atoms with Gasteiger partial charge in [-0.25, -0.2) is 14.5 Å². The second-order valence-corrected chi connectivity index (χ2v) is 4.49. The number of nitrogens with two attached hydrogens (primary N) is 1. The first-order chi connectivity index (χ1) is 10.6. The number of nitrogen functional groups attached to an aromatic ring is 1. The number of hydrogen-bond donors (Lipinski definition) is 2. The molecule has 10 heteroatoms. The van der Waals surface area contributed by atoms with Gasteiger partial charge in [-0.05, 0) is 31.2 Å². The molecule has 7 nitrogen and oxygen atoms in total. The molecule has 3 N–H and O–H groups in total. The molecule has 3 aromatic rings. The Hall–Kier alpha value is -2.58. The highest BCUT2D eigenvalue weighted by atomic mass is 35.5.